The summed E-state index contributed by atoms with van der Waals surface area (Å²) in [4.78, 5) is 11.4. The first-order chi connectivity index (χ1) is 7.40. The van der Waals surface area contributed by atoms with E-state index in [4.69, 9.17) is 9.47 Å². The van der Waals surface area contributed by atoms with Gasteiger partial charge in [0.15, 0.2) is 0 Å². The van der Waals surface area contributed by atoms with Crippen molar-refractivity contribution < 1.29 is 14.3 Å². The van der Waals surface area contributed by atoms with Crippen LogP contribution in [0.3, 0.4) is 0 Å². The standard InChI is InChI=1S/C12H16NO3/c1-12(2,3)16-11(14)13-9-6-5-7-10(8-9)15-4/h6-8H,1-4H3,(H,13,14). The number of carbonyl (C=O) groups excluding carboxylic acids is 1. The highest BCUT2D eigenvalue weighted by atomic mass is 16.6. The Balaban J connectivity index is 2.62. The first-order valence-corrected chi connectivity index (χ1v) is 4.96. The van der Waals surface area contributed by atoms with Crippen LogP contribution in [-0.2, 0) is 4.74 Å². The molecule has 1 rings (SSSR count). The zero-order valence-corrected chi connectivity index (χ0v) is 9.96. The number of nitrogens with one attached hydrogen (secondary N) is 1. The smallest absolute Gasteiger partial charge is 0.412 e. The second kappa shape index (κ2) is 4.88. The van der Waals surface area contributed by atoms with Crippen molar-refractivity contribution in [2.75, 3.05) is 12.4 Å². The highest BCUT2D eigenvalue weighted by Gasteiger charge is 2.16. The van der Waals surface area contributed by atoms with Crippen LogP contribution in [0.5, 0.6) is 5.75 Å². The van der Waals surface area contributed by atoms with Gasteiger partial charge in [0.1, 0.15) is 11.4 Å². The molecule has 1 amide bonds. The van der Waals surface area contributed by atoms with Crippen molar-refractivity contribution in [1.29, 1.82) is 0 Å². The van der Waals surface area contributed by atoms with Gasteiger partial charge in [0.25, 0.3) is 0 Å². The Morgan fingerprint density at radius 1 is 1.38 bits per heavy atom. The van der Waals surface area contributed by atoms with E-state index in [2.05, 4.69) is 11.4 Å². The molecule has 0 aromatic heterocycles. The fourth-order valence-electron chi connectivity index (χ4n) is 1.06. The lowest BCUT2D eigenvalue weighted by Gasteiger charge is -2.19. The van der Waals surface area contributed by atoms with Crippen LogP contribution in [0.1, 0.15) is 20.8 Å². The van der Waals surface area contributed by atoms with Gasteiger partial charge in [-0.25, -0.2) is 4.79 Å². The molecule has 0 atom stereocenters. The molecule has 0 saturated heterocycles. The van der Waals surface area contributed by atoms with Crippen LogP contribution >= 0.6 is 0 Å². The Morgan fingerprint density at radius 3 is 2.62 bits per heavy atom. The molecular formula is C12H16NO3. The number of methoxy groups -OCH3 is 1. The number of hydrogen-bond donors (Lipinski definition) is 1. The number of ether oxygens (including phenoxy) is 2. The molecule has 4 nitrogen and oxygen atoms in total. The van der Waals surface area contributed by atoms with E-state index < -0.39 is 11.7 Å². The summed E-state index contributed by atoms with van der Waals surface area (Å²) in [6, 6.07) is 7.87. The number of benzene rings is 1. The molecule has 1 aromatic rings. The Hall–Kier alpha value is -1.71. The lowest BCUT2D eigenvalue weighted by molar-refractivity contribution is 0.0636. The van der Waals surface area contributed by atoms with Crippen LogP contribution < -0.4 is 10.1 Å². The summed E-state index contributed by atoms with van der Waals surface area (Å²) in [6.07, 6.45) is -0.492. The third-order valence-electron chi connectivity index (χ3n) is 1.64. The van der Waals surface area contributed by atoms with Gasteiger partial charge >= 0.3 is 6.09 Å². The van der Waals surface area contributed by atoms with E-state index >= 15 is 0 Å². The molecule has 0 bridgehead atoms. The Kier molecular flexibility index (Phi) is 3.77. The van der Waals surface area contributed by atoms with E-state index in [1.807, 2.05) is 20.8 Å². The number of amides is 1. The van der Waals surface area contributed by atoms with Crippen LogP contribution in [0.15, 0.2) is 18.2 Å². The normalized spacial score (nSPS) is 10.8. The van der Waals surface area contributed by atoms with Crippen molar-refractivity contribution in [2.24, 2.45) is 0 Å². The van der Waals surface area contributed by atoms with Crippen molar-refractivity contribution in [1.82, 2.24) is 0 Å². The summed E-state index contributed by atoms with van der Waals surface area (Å²) in [6.45, 7) is 5.43. The van der Waals surface area contributed by atoms with E-state index in [1.165, 1.54) is 0 Å². The van der Waals surface area contributed by atoms with Gasteiger partial charge in [0.05, 0.1) is 7.11 Å². The molecule has 0 fully saturated rings. The third-order valence-corrected chi connectivity index (χ3v) is 1.64. The first-order valence-electron chi connectivity index (χ1n) is 4.96. The number of anilines is 1. The molecule has 1 radical (unpaired) electrons. The predicted octanol–water partition coefficient (Wildman–Crippen LogP) is 2.84. The Bertz CT molecular complexity index is 369. The largest absolute Gasteiger partial charge is 0.497 e. The van der Waals surface area contributed by atoms with Crippen LogP contribution in [0.25, 0.3) is 0 Å². The molecule has 0 unspecified atom stereocenters. The minimum absolute atomic E-state index is 0.492. The van der Waals surface area contributed by atoms with Crippen molar-refractivity contribution in [3.63, 3.8) is 0 Å². The predicted molar refractivity (Wildman–Crippen MR) is 61.7 cm³/mol. The maximum atomic E-state index is 11.4. The van der Waals surface area contributed by atoms with E-state index in [-0.39, 0.29) is 0 Å². The van der Waals surface area contributed by atoms with Crippen LogP contribution in [0, 0.1) is 6.07 Å². The lowest BCUT2D eigenvalue weighted by atomic mass is 10.2. The first kappa shape index (κ1) is 12.4. The fourth-order valence-corrected chi connectivity index (χ4v) is 1.06. The molecule has 0 heterocycles. The summed E-state index contributed by atoms with van der Waals surface area (Å²) in [5.74, 6) is 0.633. The molecular weight excluding hydrogens is 206 g/mol. The monoisotopic (exact) mass is 222 g/mol. The minimum Gasteiger partial charge on any atom is -0.497 e. The minimum atomic E-state index is -0.507. The molecule has 0 aliphatic heterocycles. The summed E-state index contributed by atoms with van der Waals surface area (Å²) >= 11 is 0. The molecule has 0 aliphatic rings. The summed E-state index contributed by atoms with van der Waals surface area (Å²) < 4.78 is 10.1. The number of rotatable bonds is 2. The highest BCUT2D eigenvalue weighted by Crippen LogP contribution is 2.17. The summed E-state index contributed by atoms with van der Waals surface area (Å²) in [7, 11) is 1.56. The quantitative estimate of drug-likeness (QED) is 0.837. The van der Waals surface area contributed by atoms with Gasteiger partial charge in [-0.1, -0.05) is 0 Å². The highest BCUT2D eigenvalue weighted by molar-refractivity contribution is 5.85. The van der Waals surface area contributed by atoms with Gasteiger partial charge in [-0.2, -0.15) is 0 Å². The SMILES string of the molecule is COc1c[c]cc(NC(=O)OC(C)(C)C)c1. The second-order valence-corrected chi connectivity index (χ2v) is 4.29. The Labute approximate surface area is 95.6 Å². The molecule has 1 aromatic carbocycles. The molecule has 0 saturated carbocycles. The topological polar surface area (TPSA) is 47.6 Å². The van der Waals surface area contributed by atoms with Gasteiger partial charge in [0, 0.05) is 11.8 Å². The molecule has 0 spiro atoms. The molecule has 4 heteroatoms. The van der Waals surface area contributed by atoms with Crippen molar-refractivity contribution in [2.45, 2.75) is 26.4 Å². The Morgan fingerprint density at radius 2 is 2.06 bits per heavy atom. The zero-order chi connectivity index (χ0) is 12.2. The lowest BCUT2D eigenvalue weighted by Crippen LogP contribution is -2.27. The fraction of sp³-hybridized carbons (Fsp3) is 0.417. The molecule has 87 valence electrons. The van der Waals surface area contributed by atoms with Crippen LogP contribution in [0.2, 0.25) is 0 Å². The van der Waals surface area contributed by atoms with Gasteiger partial charge in [0.2, 0.25) is 0 Å². The summed E-state index contributed by atoms with van der Waals surface area (Å²) in [5.41, 5.74) is 0.0840. The van der Waals surface area contributed by atoms with E-state index in [1.54, 1.807) is 25.3 Å². The third kappa shape index (κ3) is 4.21. The molecule has 0 aliphatic carbocycles. The van der Waals surface area contributed by atoms with Gasteiger partial charge in [-0.3, -0.25) is 5.32 Å². The van der Waals surface area contributed by atoms with Crippen molar-refractivity contribution in [3.05, 3.63) is 24.3 Å². The number of carbonyl (C=O) groups is 1. The van der Waals surface area contributed by atoms with E-state index in [0.29, 0.717) is 11.4 Å². The average molecular weight is 222 g/mol. The molecule has 16 heavy (non-hydrogen) atoms. The van der Waals surface area contributed by atoms with E-state index in [0.717, 1.165) is 0 Å². The van der Waals surface area contributed by atoms with Crippen molar-refractivity contribution >= 4 is 11.8 Å². The average Bonchev–Trinajstić information content (AvgIpc) is 2.15. The number of hydrogen-bond acceptors (Lipinski definition) is 3. The maximum absolute atomic E-state index is 11.4. The summed E-state index contributed by atoms with van der Waals surface area (Å²) in [5, 5.41) is 2.60. The zero-order valence-electron chi connectivity index (χ0n) is 9.96. The van der Waals surface area contributed by atoms with Gasteiger partial charge < -0.3 is 9.47 Å². The van der Waals surface area contributed by atoms with Gasteiger partial charge in [-0.05, 0) is 39.0 Å². The molecule has 1 N–H and O–H groups in total. The maximum Gasteiger partial charge on any atom is 0.412 e. The van der Waals surface area contributed by atoms with Gasteiger partial charge in [-0.15, -0.1) is 0 Å². The van der Waals surface area contributed by atoms with E-state index in [9.17, 15) is 4.79 Å². The second-order valence-electron chi connectivity index (χ2n) is 4.29. The van der Waals surface area contributed by atoms with Crippen LogP contribution in [-0.4, -0.2) is 18.8 Å². The van der Waals surface area contributed by atoms with Crippen molar-refractivity contribution in [3.8, 4) is 5.75 Å². The van der Waals surface area contributed by atoms with Crippen LogP contribution in [0.4, 0.5) is 10.5 Å².